The van der Waals surface area contributed by atoms with Gasteiger partial charge in [-0.15, -0.1) is 12.4 Å². The first-order chi connectivity index (χ1) is 9.58. The number of benzene rings is 1. The summed E-state index contributed by atoms with van der Waals surface area (Å²) in [5.74, 6) is 0.175. The first-order valence-corrected chi connectivity index (χ1v) is 7.79. The van der Waals surface area contributed by atoms with Gasteiger partial charge in [0.25, 0.3) is 0 Å². The van der Waals surface area contributed by atoms with Gasteiger partial charge in [0.2, 0.25) is 5.91 Å². The second kappa shape index (κ2) is 8.73. The quantitative estimate of drug-likeness (QED) is 0.874. The maximum Gasteiger partial charge on any atom is 0.236 e. The second-order valence-electron chi connectivity index (χ2n) is 5.36. The van der Waals surface area contributed by atoms with E-state index in [4.69, 9.17) is 0 Å². The van der Waals surface area contributed by atoms with Gasteiger partial charge < -0.3 is 10.2 Å². The summed E-state index contributed by atoms with van der Waals surface area (Å²) in [5, 5.41) is 3.34. The van der Waals surface area contributed by atoms with Gasteiger partial charge in [-0.2, -0.15) is 0 Å². The predicted molar refractivity (Wildman–Crippen MR) is 91.8 cm³/mol. The lowest BCUT2D eigenvalue weighted by Gasteiger charge is -2.34. The number of carbonyl (C=O) groups is 1. The van der Waals surface area contributed by atoms with Crippen molar-refractivity contribution in [2.45, 2.75) is 19.5 Å². The number of amides is 1. The van der Waals surface area contributed by atoms with E-state index in [9.17, 15) is 4.79 Å². The van der Waals surface area contributed by atoms with Crippen molar-refractivity contribution >= 4 is 34.2 Å². The molecule has 6 heteroatoms. The number of likely N-dealkylation sites (N-methyl/N-ethyl adjacent to an activating group) is 1. The smallest absolute Gasteiger partial charge is 0.236 e. The Kier molecular flexibility index (Phi) is 7.66. The van der Waals surface area contributed by atoms with E-state index in [2.05, 4.69) is 33.1 Å². The van der Waals surface area contributed by atoms with E-state index in [-0.39, 0.29) is 18.3 Å². The number of piperazine rings is 1. The molecule has 1 heterocycles. The average Bonchev–Trinajstić information content (AvgIpc) is 2.43. The van der Waals surface area contributed by atoms with Crippen LogP contribution in [0.25, 0.3) is 0 Å². The summed E-state index contributed by atoms with van der Waals surface area (Å²) in [4.78, 5) is 16.4. The van der Waals surface area contributed by atoms with Gasteiger partial charge in [-0.05, 0) is 18.6 Å². The van der Waals surface area contributed by atoms with Crippen LogP contribution in [0.4, 0.5) is 0 Å². The van der Waals surface area contributed by atoms with Crippen molar-refractivity contribution in [2.75, 3.05) is 33.2 Å². The minimum absolute atomic E-state index is 0. The average molecular weight is 377 g/mol. The van der Waals surface area contributed by atoms with Crippen LogP contribution in [0.15, 0.2) is 28.7 Å². The van der Waals surface area contributed by atoms with Crippen LogP contribution in [0.3, 0.4) is 0 Å². The Labute approximate surface area is 141 Å². The van der Waals surface area contributed by atoms with Crippen molar-refractivity contribution in [3.63, 3.8) is 0 Å². The fourth-order valence-electron chi connectivity index (χ4n) is 2.38. The molecule has 0 radical (unpaired) electrons. The molecule has 2 rings (SSSR count). The minimum atomic E-state index is 0. The number of rotatable bonds is 4. The predicted octanol–water partition coefficient (Wildman–Crippen LogP) is 2.12. The van der Waals surface area contributed by atoms with Crippen LogP contribution in [0.5, 0.6) is 0 Å². The molecule has 1 atom stereocenters. The van der Waals surface area contributed by atoms with Crippen molar-refractivity contribution in [3.05, 3.63) is 34.3 Å². The zero-order chi connectivity index (χ0) is 14.5. The highest BCUT2D eigenvalue weighted by Crippen LogP contribution is 2.17. The van der Waals surface area contributed by atoms with Gasteiger partial charge in [0.05, 0.1) is 6.54 Å². The molecule has 1 aromatic carbocycles. The Bertz CT molecular complexity index is 472. The number of hydrogen-bond donors (Lipinski definition) is 1. The van der Waals surface area contributed by atoms with Gasteiger partial charge >= 0.3 is 0 Å². The first-order valence-electron chi connectivity index (χ1n) is 7.00. The number of carbonyl (C=O) groups excluding carboxylic acids is 1. The summed E-state index contributed by atoms with van der Waals surface area (Å²) in [6.45, 7) is 6.17. The van der Waals surface area contributed by atoms with Gasteiger partial charge in [-0.1, -0.05) is 34.1 Å². The second-order valence-corrected chi connectivity index (χ2v) is 6.22. The molecule has 0 spiro atoms. The topological polar surface area (TPSA) is 35.6 Å². The fraction of sp³-hybridized carbons (Fsp3) is 0.533. The van der Waals surface area contributed by atoms with E-state index in [0.717, 1.165) is 29.7 Å². The number of nitrogens with one attached hydrogen (secondary N) is 1. The van der Waals surface area contributed by atoms with Crippen LogP contribution in [-0.4, -0.2) is 55.0 Å². The highest BCUT2D eigenvalue weighted by atomic mass is 79.9. The minimum Gasteiger partial charge on any atom is -0.340 e. The lowest BCUT2D eigenvalue weighted by Crippen LogP contribution is -2.52. The molecular weight excluding hydrogens is 354 g/mol. The Hall–Kier alpha value is -0.620. The molecule has 4 nitrogen and oxygen atoms in total. The van der Waals surface area contributed by atoms with Gasteiger partial charge in [0.15, 0.2) is 0 Å². The maximum atomic E-state index is 12.3. The zero-order valence-electron chi connectivity index (χ0n) is 12.5. The molecule has 1 aliphatic heterocycles. The summed E-state index contributed by atoms with van der Waals surface area (Å²) in [6, 6.07) is 8.45. The Balaban J connectivity index is 0.00000220. The van der Waals surface area contributed by atoms with Crippen LogP contribution < -0.4 is 5.32 Å². The number of nitrogens with zero attached hydrogens (tertiary/aromatic N) is 2. The summed E-state index contributed by atoms with van der Waals surface area (Å²) in [7, 11) is 1.87. The Morgan fingerprint density at radius 2 is 2.19 bits per heavy atom. The molecule has 1 saturated heterocycles. The highest BCUT2D eigenvalue weighted by molar-refractivity contribution is 9.10. The van der Waals surface area contributed by atoms with Crippen LogP contribution in [0.1, 0.15) is 12.5 Å². The summed E-state index contributed by atoms with van der Waals surface area (Å²) in [6.07, 6.45) is 0. The molecule has 1 amide bonds. The Morgan fingerprint density at radius 1 is 1.48 bits per heavy atom. The van der Waals surface area contributed by atoms with E-state index in [1.807, 2.05) is 31.3 Å². The van der Waals surface area contributed by atoms with Crippen molar-refractivity contribution < 1.29 is 4.79 Å². The van der Waals surface area contributed by atoms with Crippen molar-refractivity contribution in [1.29, 1.82) is 0 Å². The van der Waals surface area contributed by atoms with E-state index in [1.165, 1.54) is 0 Å². The van der Waals surface area contributed by atoms with E-state index < -0.39 is 0 Å². The van der Waals surface area contributed by atoms with E-state index in [1.54, 1.807) is 4.90 Å². The van der Waals surface area contributed by atoms with Crippen molar-refractivity contribution in [2.24, 2.45) is 0 Å². The molecule has 0 aliphatic carbocycles. The van der Waals surface area contributed by atoms with Crippen LogP contribution >= 0.6 is 28.3 Å². The number of halogens is 2. The lowest BCUT2D eigenvalue weighted by molar-refractivity contribution is -0.132. The molecule has 0 bridgehead atoms. The molecule has 0 saturated carbocycles. The monoisotopic (exact) mass is 375 g/mol. The third-order valence-electron chi connectivity index (χ3n) is 3.77. The SMILES string of the molecule is C[C@@H]1CNCCN1CC(=O)N(C)Cc1ccccc1Br.Cl. The normalized spacial score (nSPS) is 18.9. The largest absolute Gasteiger partial charge is 0.340 e. The molecule has 1 fully saturated rings. The fourth-order valence-corrected chi connectivity index (χ4v) is 2.79. The standard InChI is InChI=1S/C15H22BrN3O.ClH/c1-12-9-17-7-8-19(12)11-15(20)18(2)10-13-5-3-4-6-14(13)16;/h3-6,12,17H,7-11H2,1-2H3;1H/t12-;/m1./s1. The van der Waals surface area contributed by atoms with Crippen LogP contribution in [-0.2, 0) is 11.3 Å². The summed E-state index contributed by atoms with van der Waals surface area (Å²) < 4.78 is 1.05. The first kappa shape index (κ1) is 18.4. The van der Waals surface area contributed by atoms with E-state index in [0.29, 0.717) is 19.1 Å². The van der Waals surface area contributed by atoms with Gasteiger partial charge in [-0.3, -0.25) is 9.69 Å². The third kappa shape index (κ3) is 5.25. The lowest BCUT2D eigenvalue weighted by atomic mass is 10.2. The molecule has 1 aliphatic rings. The summed E-state index contributed by atoms with van der Waals surface area (Å²) >= 11 is 3.53. The molecule has 118 valence electrons. The van der Waals surface area contributed by atoms with Gasteiger partial charge in [-0.25, -0.2) is 0 Å². The third-order valence-corrected chi connectivity index (χ3v) is 4.54. The molecule has 21 heavy (non-hydrogen) atoms. The molecule has 1 N–H and O–H groups in total. The molecule has 0 unspecified atom stereocenters. The highest BCUT2D eigenvalue weighted by Gasteiger charge is 2.22. The summed E-state index contributed by atoms with van der Waals surface area (Å²) in [5.41, 5.74) is 1.14. The van der Waals surface area contributed by atoms with Gasteiger partial charge in [0.1, 0.15) is 0 Å². The molecular formula is C15H23BrClN3O. The Morgan fingerprint density at radius 3 is 2.86 bits per heavy atom. The van der Waals surface area contributed by atoms with Crippen molar-refractivity contribution in [1.82, 2.24) is 15.1 Å². The van der Waals surface area contributed by atoms with E-state index >= 15 is 0 Å². The maximum absolute atomic E-state index is 12.3. The van der Waals surface area contributed by atoms with Gasteiger partial charge in [0, 0.05) is 43.7 Å². The van der Waals surface area contributed by atoms with Crippen molar-refractivity contribution in [3.8, 4) is 0 Å². The van der Waals surface area contributed by atoms with Crippen LogP contribution in [0.2, 0.25) is 0 Å². The molecule has 1 aromatic rings. The van der Waals surface area contributed by atoms with Crippen LogP contribution in [0, 0.1) is 0 Å². The number of hydrogen-bond acceptors (Lipinski definition) is 3. The zero-order valence-corrected chi connectivity index (χ0v) is 14.9. The molecule has 0 aromatic heterocycles.